The van der Waals surface area contributed by atoms with Crippen molar-refractivity contribution in [3.63, 3.8) is 0 Å². The zero-order valence-electron chi connectivity index (χ0n) is 16.8. The van der Waals surface area contributed by atoms with E-state index in [0.717, 1.165) is 41.8 Å². The first-order valence-corrected chi connectivity index (χ1v) is 11.4. The molecule has 29 heavy (non-hydrogen) atoms. The van der Waals surface area contributed by atoms with Crippen molar-refractivity contribution in [2.24, 2.45) is 0 Å². The Kier molecular flexibility index (Phi) is 6.13. The summed E-state index contributed by atoms with van der Waals surface area (Å²) in [6.45, 7) is 3.30. The van der Waals surface area contributed by atoms with E-state index in [4.69, 9.17) is 0 Å². The zero-order valence-corrected chi connectivity index (χ0v) is 17.6. The maximum absolute atomic E-state index is 13.1. The summed E-state index contributed by atoms with van der Waals surface area (Å²) < 4.78 is 0. The Balaban J connectivity index is 1.39. The van der Waals surface area contributed by atoms with E-state index in [-0.39, 0.29) is 23.9 Å². The normalized spacial score (nSPS) is 17.6. The van der Waals surface area contributed by atoms with Crippen LogP contribution in [0.15, 0.2) is 30.3 Å². The Morgan fingerprint density at radius 2 is 2.00 bits per heavy atom. The SMILES string of the molecule is CCC(C(=O)N1CCc2nc(NC(=O)NC3CCCC3)sc2C1)c1ccccc1. The largest absolute Gasteiger partial charge is 0.337 e. The predicted octanol–water partition coefficient (Wildman–Crippen LogP) is 4.29. The molecule has 2 aliphatic rings. The van der Waals surface area contributed by atoms with E-state index in [9.17, 15) is 9.59 Å². The molecule has 2 heterocycles. The highest BCUT2D eigenvalue weighted by atomic mass is 32.1. The molecule has 6 nitrogen and oxygen atoms in total. The van der Waals surface area contributed by atoms with Gasteiger partial charge in [0.25, 0.3) is 0 Å². The van der Waals surface area contributed by atoms with Gasteiger partial charge in [-0.2, -0.15) is 0 Å². The van der Waals surface area contributed by atoms with Gasteiger partial charge in [0.1, 0.15) is 0 Å². The molecule has 0 radical (unpaired) electrons. The maximum atomic E-state index is 13.1. The molecule has 7 heteroatoms. The molecule has 1 atom stereocenters. The summed E-state index contributed by atoms with van der Waals surface area (Å²) in [6, 6.07) is 10.1. The van der Waals surface area contributed by atoms with E-state index in [1.54, 1.807) is 0 Å². The lowest BCUT2D eigenvalue weighted by Gasteiger charge is -2.29. The van der Waals surface area contributed by atoms with E-state index >= 15 is 0 Å². The first-order chi connectivity index (χ1) is 14.1. The van der Waals surface area contributed by atoms with E-state index in [2.05, 4.69) is 22.5 Å². The van der Waals surface area contributed by atoms with Crippen molar-refractivity contribution in [1.82, 2.24) is 15.2 Å². The van der Waals surface area contributed by atoms with E-state index in [1.165, 1.54) is 24.2 Å². The van der Waals surface area contributed by atoms with Crippen molar-refractivity contribution >= 4 is 28.4 Å². The van der Waals surface area contributed by atoms with Crippen molar-refractivity contribution in [2.45, 2.75) is 64.0 Å². The molecule has 0 bridgehead atoms. The molecule has 1 fully saturated rings. The van der Waals surface area contributed by atoms with Gasteiger partial charge in [-0.15, -0.1) is 0 Å². The molecule has 2 aromatic rings. The van der Waals surface area contributed by atoms with Gasteiger partial charge < -0.3 is 10.2 Å². The topological polar surface area (TPSA) is 74.3 Å². The number of nitrogens with zero attached hydrogens (tertiary/aromatic N) is 2. The fourth-order valence-electron chi connectivity index (χ4n) is 4.28. The Bertz CT molecular complexity index is 861. The lowest BCUT2D eigenvalue weighted by molar-refractivity contribution is -0.133. The molecule has 1 aliphatic carbocycles. The van der Waals surface area contributed by atoms with Gasteiger partial charge in [-0.3, -0.25) is 10.1 Å². The second-order valence-corrected chi connectivity index (χ2v) is 8.93. The highest BCUT2D eigenvalue weighted by Crippen LogP contribution is 2.31. The number of nitrogens with one attached hydrogen (secondary N) is 2. The smallest absolute Gasteiger partial charge is 0.321 e. The summed E-state index contributed by atoms with van der Waals surface area (Å²) in [5.74, 6) is 0.0618. The van der Waals surface area contributed by atoms with Gasteiger partial charge in [0, 0.05) is 23.9 Å². The van der Waals surface area contributed by atoms with Crippen LogP contribution in [0.2, 0.25) is 0 Å². The molecule has 1 unspecified atom stereocenters. The molecular formula is C22H28N4O2S. The predicted molar refractivity (Wildman–Crippen MR) is 115 cm³/mol. The number of hydrogen-bond donors (Lipinski definition) is 2. The summed E-state index contributed by atoms with van der Waals surface area (Å²) in [5.41, 5.74) is 2.07. The molecule has 1 aliphatic heterocycles. The summed E-state index contributed by atoms with van der Waals surface area (Å²) in [6.07, 6.45) is 5.99. The Labute approximate surface area is 175 Å². The van der Waals surface area contributed by atoms with Gasteiger partial charge in [0.15, 0.2) is 5.13 Å². The average Bonchev–Trinajstić information content (AvgIpc) is 3.37. The number of thiazole rings is 1. The summed E-state index contributed by atoms with van der Waals surface area (Å²) in [7, 11) is 0. The van der Waals surface area contributed by atoms with Crippen LogP contribution in [0.3, 0.4) is 0 Å². The number of carbonyl (C=O) groups is 2. The van der Waals surface area contributed by atoms with E-state index in [0.29, 0.717) is 18.2 Å². The lowest BCUT2D eigenvalue weighted by Crippen LogP contribution is -2.38. The minimum absolute atomic E-state index is 0.111. The van der Waals surface area contributed by atoms with Crippen molar-refractivity contribution < 1.29 is 9.59 Å². The van der Waals surface area contributed by atoms with Crippen LogP contribution in [0.25, 0.3) is 0 Å². The Hall–Kier alpha value is -2.41. The second kappa shape index (κ2) is 8.95. The molecule has 1 saturated carbocycles. The molecular weight excluding hydrogens is 384 g/mol. The van der Waals surface area contributed by atoms with Gasteiger partial charge >= 0.3 is 6.03 Å². The minimum atomic E-state index is -0.175. The monoisotopic (exact) mass is 412 g/mol. The van der Waals surface area contributed by atoms with Crippen LogP contribution in [-0.2, 0) is 17.8 Å². The van der Waals surface area contributed by atoms with E-state index < -0.39 is 0 Å². The van der Waals surface area contributed by atoms with Crippen LogP contribution in [0.5, 0.6) is 0 Å². The fraction of sp³-hybridized carbons (Fsp3) is 0.500. The number of fused-ring (bicyclic) bond motifs is 1. The molecule has 1 aromatic heterocycles. The van der Waals surface area contributed by atoms with Crippen LogP contribution < -0.4 is 10.6 Å². The third-order valence-corrected chi connectivity index (χ3v) is 6.86. The van der Waals surface area contributed by atoms with Crippen molar-refractivity contribution in [3.8, 4) is 0 Å². The van der Waals surface area contributed by atoms with Gasteiger partial charge in [-0.05, 0) is 24.8 Å². The summed E-state index contributed by atoms with van der Waals surface area (Å²) >= 11 is 1.48. The molecule has 1 aromatic carbocycles. The highest BCUT2D eigenvalue weighted by Gasteiger charge is 2.29. The van der Waals surface area contributed by atoms with Crippen molar-refractivity contribution in [1.29, 1.82) is 0 Å². The number of benzene rings is 1. The third-order valence-electron chi connectivity index (χ3n) is 5.86. The zero-order chi connectivity index (χ0) is 20.2. The Morgan fingerprint density at radius 1 is 1.24 bits per heavy atom. The van der Waals surface area contributed by atoms with Gasteiger partial charge in [0.2, 0.25) is 5.91 Å². The van der Waals surface area contributed by atoms with Crippen LogP contribution in [0.1, 0.15) is 61.1 Å². The molecule has 0 spiro atoms. The number of urea groups is 1. The quantitative estimate of drug-likeness (QED) is 0.769. The molecule has 0 saturated heterocycles. The van der Waals surface area contributed by atoms with Crippen LogP contribution in [0.4, 0.5) is 9.93 Å². The highest BCUT2D eigenvalue weighted by molar-refractivity contribution is 7.15. The van der Waals surface area contributed by atoms with Gasteiger partial charge in [0.05, 0.1) is 18.2 Å². The molecule has 4 rings (SSSR count). The second-order valence-electron chi connectivity index (χ2n) is 7.85. The number of amides is 3. The van der Waals surface area contributed by atoms with Crippen molar-refractivity contribution in [2.75, 3.05) is 11.9 Å². The summed E-state index contributed by atoms with van der Waals surface area (Å²) in [5, 5.41) is 6.53. The number of carbonyl (C=O) groups excluding carboxylic acids is 2. The number of hydrogen-bond acceptors (Lipinski definition) is 4. The minimum Gasteiger partial charge on any atom is -0.337 e. The molecule has 3 amide bonds. The Morgan fingerprint density at radius 3 is 2.72 bits per heavy atom. The first-order valence-electron chi connectivity index (χ1n) is 10.5. The third kappa shape index (κ3) is 4.61. The van der Waals surface area contributed by atoms with Crippen molar-refractivity contribution in [3.05, 3.63) is 46.5 Å². The fourth-order valence-corrected chi connectivity index (χ4v) is 5.30. The van der Waals surface area contributed by atoms with Crippen LogP contribution in [0, 0.1) is 0 Å². The van der Waals surface area contributed by atoms with Crippen LogP contribution in [-0.4, -0.2) is 34.4 Å². The van der Waals surface area contributed by atoms with Gasteiger partial charge in [-0.25, -0.2) is 9.78 Å². The van der Waals surface area contributed by atoms with E-state index in [1.807, 2.05) is 35.2 Å². The summed E-state index contributed by atoms with van der Waals surface area (Å²) in [4.78, 5) is 33.0. The van der Waals surface area contributed by atoms with Crippen LogP contribution >= 0.6 is 11.3 Å². The molecule has 154 valence electrons. The number of aromatic nitrogens is 1. The lowest BCUT2D eigenvalue weighted by atomic mass is 9.94. The first kappa shape index (κ1) is 19.9. The molecule has 2 N–H and O–H groups in total. The maximum Gasteiger partial charge on any atom is 0.321 e. The number of anilines is 1. The van der Waals surface area contributed by atoms with Gasteiger partial charge in [-0.1, -0.05) is 61.4 Å². The standard InChI is InChI=1S/C22H28N4O2S/c1-2-17(15-8-4-3-5-9-15)20(27)26-13-12-18-19(14-26)29-22(24-18)25-21(28)23-16-10-6-7-11-16/h3-5,8-9,16-17H,2,6-7,10-14H2,1H3,(H2,23,24,25,28). The average molecular weight is 413 g/mol. The number of rotatable bonds is 5.